The molecule has 2 heteroatoms. The standard InChI is InChI=1S/C8H13O2/c1-2-8(9)10-6-7-4-3-5-7/h6-7H,2-5H2,1H3. The zero-order chi connectivity index (χ0) is 7.40. The van der Waals surface area contributed by atoms with Crippen LogP contribution in [-0.2, 0) is 9.53 Å². The van der Waals surface area contributed by atoms with E-state index in [2.05, 4.69) is 0 Å². The summed E-state index contributed by atoms with van der Waals surface area (Å²) in [7, 11) is 0. The number of carbonyl (C=O) groups excluding carboxylic acids is 1. The zero-order valence-electron chi connectivity index (χ0n) is 6.30. The van der Waals surface area contributed by atoms with E-state index in [1.54, 1.807) is 13.5 Å². The summed E-state index contributed by atoms with van der Waals surface area (Å²) in [6.07, 6.45) is 4.14. The molecule has 0 heterocycles. The molecule has 0 unspecified atom stereocenters. The summed E-state index contributed by atoms with van der Waals surface area (Å²) in [6, 6.07) is 0. The largest absolute Gasteiger partial charge is 0.458 e. The van der Waals surface area contributed by atoms with Gasteiger partial charge in [-0.2, -0.15) is 0 Å². The van der Waals surface area contributed by atoms with E-state index in [4.69, 9.17) is 4.74 Å². The van der Waals surface area contributed by atoms with E-state index in [9.17, 15) is 4.79 Å². The van der Waals surface area contributed by atoms with E-state index in [0.29, 0.717) is 12.3 Å². The summed E-state index contributed by atoms with van der Waals surface area (Å²) in [6.45, 7) is 3.49. The first-order valence-electron chi connectivity index (χ1n) is 3.85. The van der Waals surface area contributed by atoms with Gasteiger partial charge >= 0.3 is 5.97 Å². The molecule has 0 aromatic carbocycles. The van der Waals surface area contributed by atoms with E-state index in [1.165, 1.54) is 19.3 Å². The number of carbonyl (C=O) groups is 1. The fraction of sp³-hybridized carbons (Fsp3) is 0.750. The van der Waals surface area contributed by atoms with Crippen molar-refractivity contribution < 1.29 is 9.53 Å². The van der Waals surface area contributed by atoms with E-state index >= 15 is 0 Å². The van der Waals surface area contributed by atoms with Crippen LogP contribution in [-0.4, -0.2) is 5.97 Å². The molecule has 0 bridgehead atoms. The van der Waals surface area contributed by atoms with Crippen LogP contribution < -0.4 is 0 Å². The molecule has 1 aliphatic carbocycles. The Balaban J connectivity index is 1.98. The lowest BCUT2D eigenvalue weighted by atomic mass is 9.86. The van der Waals surface area contributed by atoms with Crippen molar-refractivity contribution in [3.8, 4) is 0 Å². The second-order valence-electron chi connectivity index (χ2n) is 2.67. The van der Waals surface area contributed by atoms with Gasteiger partial charge < -0.3 is 4.74 Å². The molecule has 0 aromatic rings. The van der Waals surface area contributed by atoms with Gasteiger partial charge in [-0.1, -0.05) is 13.3 Å². The third-order valence-corrected chi connectivity index (χ3v) is 1.83. The van der Waals surface area contributed by atoms with Gasteiger partial charge in [-0.15, -0.1) is 0 Å². The number of esters is 1. The molecular formula is C8H13O2. The minimum Gasteiger partial charge on any atom is -0.458 e. The highest BCUT2D eigenvalue weighted by Crippen LogP contribution is 2.28. The monoisotopic (exact) mass is 141 g/mol. The highest BCUT2D eigenvalue weighted by molar-refractivity contribution is 5.69. The van der Waals surface area contributed by atoms with Gasteiger partial charge in [-0.3, -0.25) is 4.79 Å². The number of ether oxygens (including phenoxy) is 1. The topological polar surface area (TPSA) is 26.3 Å². The van der Waals surface area contributed by atoms with Crippen molar-refractivity contribution in [2.24, 2.45) is 5.92 Å². The fourth-order valence-electron chi connectivity index (χ4n) is 0.831. The Morgan fingerprint density at radius 2 is 2.40 bits per heavy atom. The highest BCUT2D eigenvalue weighted by atomic mass is 16.5. The number of hydrogen-bond acceptors (Lipinski definition) is 2. The molecule has 1 fully saturated rings. The normalized spacial score (nSPS) is 18.1. The van der Waals surface area contributed by atoms with Gasteiger partial charge in [0, 0.05) is 6.42 Å². The van der Waals surface area contributed by atoms with Crippen LogP contribution in [0.2, 0.25) is 0 Å². The summed E-state index contributed by atoms with van der Waals surface area (Å²) in [5, 5.41) is 0. The predicted octanol–water partition coefficient (Wildman–Crippen LogP) is 1.90. The smallest absolute Gasteiger partial charge is 0.305 e. The van der Waals surface area contributed by atoms with Gasteiger partial charge in [0.1, 0.15) is 6.61 Å². The van der Waals surface area contributed by atoms with Crippen molar-refractivity contribution in [1.29, 1.82) is 0 Å². The summed E-state index contributed by atoms with van der Waals surface area (Å²) in [5.41, 5.74) is 0. The molecule has 57 valence electrons. The van der Waals surface area contributed by atoms with Crippen LogP contribution in [0.15, 0.2) is 0 Å². The molecule has 0 atom stereocenters. The SMILES string of the molecule is CCC(=O)O[CH]C1CCC1. The van der Waals surface area contributed by atoms with Crippen molar-refractivity contribution in [1.82, 2.24) is 0 Å². The second kappa shape index (κ2) is 3.59. The van der Waals surface area contributed by atoms with E-state index in [0.717, 1.165) is 0 Å². The number of rotatable bonds is 3. The average Bonchev–Trinajstić information content (AvgIpc) is 1.84. The third-order valence-electron chi connectivity index (χ3n) is 1.83. The van der Waals surface area contributed by atoms with E-state index in [1.807, 2.05) is 0 Å². The van der Waals surface area contributed by atoms with Gasteiger partial charge in [0.25, 0.3) is 0 Å². The van der Waals surface area contributed by atoms with Crippen LogP contribution in [0, 0.1) is 12.5 Å². The summed E-state index contributed by atoms with van der Waals surface area (Å²) < 4.78 is 4.83. The Morgan fingerprint density at radius 1 is 1.70 bits per heavy atom. The zero-order valence-corrected chi connectivity index (χ0v) is 6.30. The molecular weight excluding hydrogens is 128 g/mol. The van der Waals surface area contributed by atoms with Crippen LogP contribution in [0.4, 0.5) is 0 Å². The van der Waals surface area contributed by atoms with Crippen LogP contribution in [0.5, 0.6) is 0 Å². The van der Waals surface area contributed by atoms with Crippen molar-refractivity contribution in [2.75, 3.05) is 0 Å². The lowest BCUT2D eigenvalue weighted by Crippen LogP contribution is -2.15. The Hall–Kier alpha value is -0.530. The van der Waals surface area contributed by atoms with Crippen LogP contribution in [0.1, 0.15) is 32.6 Å². The van der Waals surface area contributed by atoms with Crippen LogP contribution >= 0.6 is 0 Å². The lowest BCUT2D eigenvalue weighted by molar-refractivity contribution is -0.141. The maximum atomic E-state index is 10.6. The first-order chi connectivity index (χ1) is 4.83. The Labute approximate surface area is 61.6 Å². The molecule has 0 amide bonds. The van der Waals surface area contributed by atoms with Gasteiger partial charge in [0.2, 0.25) is 0 Å². The lowest BCUT2D eigenvalue weighted by Gasteiger charge is -2.23. The quantitative estimate of drug-likeness (QED) is 0.561. The Bertz CT molecular complexity index is 116. The molecule has 0 N–H and O–H groups in total. The minimum absolute atomic E-state index is 0.119. The van der Waals surface area contributed by atoms with Crippen LogP contribution in [0.25, 0.3) is 0 Å². The van der Waals surface area contributed by atoms with Crippen molar-refractivity contribution in [2.45, 2.75) is 32.6 Å². The molecule has 0 aromatic heterocycles. The molecule has 0 saturated heterocycles. The second-order valence-corrected chi connectivity index (χ2v) is 2.67. The molecule has 1 saturated carbocycles. The molecule has 1 aliphatic rings. The average molecular weight is 141 g/mol. The van der Waals surface area contributed by atoms with E-state index in [-0.39, 0.29) is 5.97 Å². The summed E-state index contributed by atoms with van der Waals surface area (Å²) in [5.74, 6) is 0.433. The third kappa shape index (κ3) is 2.01. The van der Waals surface area contributed by atoms with Gasteiger partial charge in [0.05, 0.1) is 0 Å². The maximum Gasteiger partial charge on any atom is 0.305 e. The van der Waals surface area contributed by atoms with E-state index < -0.39 is 0 Å². The molecule has 1 rings (SSSR count). The fourth-order valence-corrected chi connectivity index (χ4v) is 0.831. The molecule has 10 heavy (non-hydrogen) atoms. The minimum atomic E-state index is -0.119. The molecule has 1 radical (unpaired) electrons. The molecule has 0 aliphatic heterocycles. The molecule has 2 nitrogen and oxygen atoms in total. The maximum absolute atomic E-state index is 10.6. The van der Waals surface area contributed by atoms with Gasteiger partial charge in [0.15, 0.2) is 0 Å². The Morgan fingerprint density at radius 3 is 2.80 bits per heavy atom. The van der Waals surface area contributed by atoms with Crippen molar-refractivity contribution in [3.63, 3.8) is 0 Å². The number of hydrogen-bond donors (Lipinski definition) is 0. The predicted molar refractivity (Wildman–Crippen MR) is 38.0 cm³/mol. The van der Waals surface area contributed by atoms with Gasteiger partial charge in [-0.05, 0) is 18.8 Å². The molecule has 0 spiro atoms. The summed E-state index contributed by atoms with van der Waals surface area (Å²) >= 11 is 0. The van der Waals surface area contributed by atoms with Crippen molar-refractivity contribution >= 4 is 5.97 Å². The first-order valence-corrected chi connectivity index (χ1v) is 3.85. The first kappa shape index (κ1) is 7.58. The summed E-state index contributed by atoms with van der Waals surface area (Å²) in [4.78, 5) is 10.6. The van der Waals surface area contributed by atoms with Crippen molar-refractivity contribution in [3.05, 3.63) is 6.61 Å². The van der Waals surface area contributed by atoms with Gasteiger partial charge in [-0.25, -0.2) is 0 Å². The van der Waals surface area contributed by atoms with Crippen LogP contribution in [0.3, 0.4) is 0 Å². The highest BCUT2D eigenvalue weighted by Gasteiger charge is 2.19. The Kier molecular flexibility index (Phi) is 2.72.